The van der Waals surface area contributed by atoms with E-state index in [0.717, 1.165) is 36.6 Å². The quantitative estimate of drug-likeness (QED) is 0.447. The number of aromatic nitrogens is 3. The molecule has 0 saturated heterocycles. The molecule has 1 aromatic carbocycles. The lowest BCUT2D eigenvalue weighted by atomic mass is 10.1. The zero-order valence-corrected chi connectivity index (χ0v) is 15.8. The summed E-state index contributed by atoms with van der Waals surface area (Å²) in [5, 5.41) is 3.99. The number of benzene rings is 1. The zero-order valence-electron chi connectivity index (χ0n) is 12.8. The van der Waals surface area contributed by atoms with Crippen molar-refractivity contribution in [3.8, 4) is 16.6 Å². The van der Waals surface area contributed by atoms with E-state index in [1.165, 1.54) is 0 Å². The molecule has 22 heavy (non-hydrogen) atoms. The summed E-state index contributed by atoms with van der Waals surface area (Å²) in [6.07, 6.45) is 0. The molecule has 2 heterocycles. The van der Waals surface area contributed by atoms with E-state index < -0.39 is 0 Å². The van der Waals surface area contributed by atoms with Crippen LogP contribution in [0.15, 0.2) is 17.5 Å². The number of halogens is 1. The fourth-order valence-electron chi connectivity index (χ4n) is 2.25. The summed E-state index contributed by atoms with van der Waals surface area (Å²) in [5.41, 5.74) is 3.04. The van der Waals surface area contributed by atoms with Gasteiger partial charge in [0.1, 0.15) is 9.45 Å². The smallest absolute Gasteiger partial charge is 0.190 e. The van der Waals surface area contributed by atoms with E-state index in [1.54, 1.807) is 18.4 Å². The number of methoxy groups -OCH3 is 1. The molecule has 0 saturated carbocycles. The van der Waals surface area contributed by atoms with Gasteiger partial charge in [0, 0.05) is 16.3 Å². The van der Waals surface area contributed by atoms with Crippen molar-refractivity contribution in [3.05, 3.63) is 32.5 Å². The van der Waals surface area contributed by atoms with Crippen molar-refractivity contribution in [1.82, 2.24) is 15.0 Å². The monoisotopic (exact) mass is 425 g/mol. The lowest BCUT2D eigenvalue weighted by molar-refractivity contribution is 0.412. The molecule has 0 fully saturated rings. The summed E-state index contributed by atoms with van der Waals surface area (Å²) >= 11 is 3.85. The number of nitrogens with zero attached hydrogens (tertiary/aromatic N) is 3. The van der Waals surface area contributed by atoms with Crippen LogP contribution in [0.3, 0.4) is 0 Å². The first kappa shape index (κ1) is 15.6. The largest absolute Gasteiger partial charge is 0.496 e. The van der Waals surface area contributed by atoms with Gasteiger partial charge in [-0.3, -0.25) is 0 Å². The zero-order chi connectivity index (χ0) is 15.9. The van der Waals surface area contributed by atoms with E-state index in [4.69, 9.17) is 9.72 Å². The third-order valence-corrected chi connectivity index (χ3v) is 5.23. The van der Waals surface area contributed by atoms with Gasteiger partial charge < -0.3 is 4.74 Å². The van der Waals surface area contributed by atoms with Crippen LogP contribution < -0.4 is 4.74 Å². The number of fused-ring (bicyclic) bond motifs is 1. The number of ether oxygens (including phenoxy) is 1. The van der Waals surface area contributed by atoms with E-state index in [9.17, 15) is 0 Å². The fourth-order valence-corrected chi connectivity index (χ4v) is 3.82. The first-order valence-corrected chi connectivity index (χ1v) is 8.93. The Morgan fingerprint density at radius 1 is 1.18 bits per heavy atom. The maximum absolute atomic E-state index is 5.40. The van der Waals surface area contributed by atoms with Crippen LogP contribution in [0.25, 0.3) is 21.7 Å². The Kier molecular flexibility index (Phi) is 4.31. The van der Waals surface area contributed by atoms with Gasteiger partial charge >= 0.3 is 0 Å². The maximum atomic E-state index is 5.40. The summed E-state index contributed by atoms with van der Waals surface area (Å²) in [6.45, 7) is 6.30. The third-order valence-electron chi connectivity index (χ3n) is 3.55. The van der Waals surface area contributed by atoms with Gasteiger partial charge in [0.05, 0.1) is 18.3 Å². The van der Waals surface area contributed by atoms with Gasteiger partial charge in [-0.25, -0.2) is 15.0 Å². The fraction of sp³-hybridized carbons (Fsp3) is 0.312. The number of thiazole rings is 1. The van der Waals surface area contributed by atoms with Crippen LogP contribution in [-0.4, -0.2) is 22.1 Å². The van der Waals surface area contributed by atoms with Crippen LogP contribution in [0, 0.1) is 10.6 Å². The highest BCUT2D eigenvalue weighted by atomic mass is 127. The second-order valence-corrected chi connectivity index (χ2v) is 7.24. The average Bonchev–Trinajstić information content (AvgIpc) is 2.98. The molecular formula is C16H16IN3OS. The minimum atomic E-state index is 0.409. The van der Waals surface area contributed by atoms with Crippen molar-refractivity contribution >= 4 is 44.8 Å². The van der Waals surface area contributed by atoms with Crippen LogP contribution in [-0.2, 0) is 0 Å². The minimum Gasteiger partial charge on any atom is -0.496 e. The molecule has 4 nitrogen and oxygen atoms in total. The van der Waals surface area contributed by atoms with Crippen LogP contribution in [0.5, 0.6) is 5.75 Å². The van der Waals surface area contributed by atoms with Crippen LogP contribution in [0.4, 0.5) is 0 Å². The highest BCUT2D eigenvalue weighted by molar-refractivity contribution is 14.1. The van der Waals surface area contributed by atoms with E-state index in [-0.39, 0.29) is 0 Å². The molecular weight excluding hydrogens is 409 g/mol. The third kappa shape index (κ3) is 2.69. The van der Waals surface area contributed by atoms with Gasteiger partial charge in [-0.2, -0.15) is 0 Å². The number of rotatable bonds is 3. The number of hydrogen-bond acceptors (Lipinski definition) is 5. The summed E-state index contributed by atoms with van der Waals surface area (Å²) in [6, 6.07) is 3.97. The van der Waals surface area contributed by atoms with Crippen molar-refractivity contribution in [2.24, 2.45) is 0 Å². The van der Waals surface area contributed by atoms with Gasteiger partial charge in [-0.05, 0) is 47.6 Å². The SMILES string of the molecule is COc1ccc2c(I)nc(-c3nc(C(C)C)cs3)nc2c1C. The second-order valence-electron chi connectivity index (χ2n) is 5.36. The van der Waals surface area contributed by atoms with E-state index in [2.05, 4.69) is 51.8 Å². The molecule has 2 aromatic heterocycles. The molecule has 6 heteroatoms. The Morgan fingerprint density at radius 2 is 1.95 bits per heavy atom. The molecule has 0 radical (unpaired) electrons. The molecule has 0 spiro atoms. The van der Waals surface area contributed by atoms with Crippen molar-refractivity contribution in [2.45, 2.75) is 26.7 Å². The highest BCUT2D eigenvalue weighted by Gasteiger charge is 2.15. The van der Waals surface area contributed by atoms with Gasteiger partial charge in [-0.1, -0.05) is 13.8 Å². The molecule has 0 unspecified atom stereocenters. The predicted octanol–water partition coefficient (Wildman–Crippen LogP) is 4.80. The summed E-state index contributed by atoms with van der Waals surface area (Å²) in [7, 11) is 1.68. The molecule has 0 N–H and O–H groups in total. The molecule has 0 atom stereocenters. The molecule has 0 aliphatic heterocycles. The Balaban J connectivity index is 2.20. The van der Waals surface area contributed by atoms with Crippen LogP contribution >= 0.6 is 33.9 Å². The number of aryl methyl sites for hydroxylation is 1. The summed E-state index contributed by atoms with van der Waals surface area (Å²) < 4.78 is 6.33. The van der Waals surface area contributed by atoms with Gasteiger partial charge in [0.25, 0.3) is 0 Å². The summed E-state index contributed by atoms with van der Waals surface area (Å²) in [5.74, 6) is 1.94. The molecule has 0 aliphatic carbocycles. The van der Waals surface area contributed by atoms with Crippen molar-refractivity contribution in [2.75, 3.05) is 7.11 Å². The standard InChI is InChI=1S/C16H16IN3OS/c1-8(2)11-7-22-16(18-11)15-19-13-9(3)12(21-4)6-5-10(13)14(17)20-15/h5-8H,1-4H3. The molecule has 114 valence electrons. The van der Waals surface area contributed by atoms with Crippen LogP contribution in [0.2, 0.25) is 0 Å². The van der Waals surface area contributed by atoms with Gasteiger partial charge in [-0.15, -0.1) is 11.3 Å². The van der Waals surface area contributed by atoms with Gasteiger partial charge in [0.2, 0.25) is 0 Å². The van der Waals surface area contributed by atoms with E-state index in [1.807, 2.05) is 19.1 Å². The highest BCUT2D eigenvalue weighted by Crippen LogP contribution is 2.31. The number of hydrogen-bond donors (Lipinski definition) is 0. The predicted molar refractivity (Wildman–Crippen MR) is 98.7 cm³/mol. The van der Waals surface area contributed by atoms with Crippen molar-refractivity contribution in [1.29, 1.82) is 0 Å². The van der Waals surface area contributed by atoms with Crippen LogP contribution in [0.1, 0.15) is 31.0 Å². The lowest BCUT2D eigenvalue weighted by Crippen LogP contribution is -1.98. The Hall–Kier alpha value is -1.28. The van der Waals surface area contributed by atoms with Crippen molar-refractivity contribution < 1.29 is 4.74 Å². The van der Waals surface area contributed by atoms with Crippen molar-refractivity contribution in [3.63, 3.8) is 0 Å². The Labute approximate surface area is 147 Å². The second kappa shape index (κ2) is 6.08. The molecule has 0 amide bonds. The lowest BCUT2D eigenvalue weighted by Gasteiger charge is -2.09. The van der Waals surface area contributed by atoms with E-state index >= 15 is 0 Å². The molecule has 0 aliphatic rings. The average molecular weight is 425 g/mol. The van der Waals surface area contributed by atoms with E-state index in [0.29, 0.717) is 11.7 Å². The summed E-state index contributed by atoms with van der Waals surface area (Å²) in [4.78, 5) is 14.0. The topological polar surface area (TPSA) is 47.9 Å². The molecule has 3 aromatic rings. The normalized spacial score (nSPS) is 11.4. The molecule has 0 bridgehead atoms. The Morgan fingerprint density at radius 3 is 2.59 bits per heavy atom. The maximum Gasteiger partial charge on any atom is 0.190 e. The first-order chi connectivity index (χ1) is 10.5. The van der Waals surface area contributed by atoms with Gasteiger partial charge in [0.15, 0.2) is 10.8 Å². The first-order valence-electron chi connectivity index (χ1n) is 6.98. The molecule has 3 rings (SSSR count). The Bertz CT molecular complexity index is 845. The minimum absolute atomic E-state index is 0.409.